The van der Waals surface area contributed by atoms with Gasteiger partial charge in [0.1, 0.15) is 0 Å². The molecule has 0 aliphatic rings. The van der Waals surface area contributed by atoms with Crippen molar-refractivity contribution < 1.29 is 9.90 Å². The second-order valence-corrected chi connectivity index (χ2v) is 3.86. The summed E-state index contributed by atoms with van der Waals surface area (Å²) in [6.07, 6.45) is 1.55. The van der Waals surface area contributed by atoms with Gasteiger partial charge in [0.25, 0.3) is 5.91 Å². The fourth-order valence-corrected chi connectivity index (χ4v) is 1.55. The third-order valence-corrected chi connectivity index (χ3v) is 2.40. The molecule has 0 aliphatic heterocycles. The Balaban J connectivity index is 3.00. The van der Waals surface area contributed by atoms with Gasteiger partial charge in [-0.1, -0.05) is 0 Å². The fraction of sp³-hybridized carbons (Fsp3) is 0.455. The van der Waals surface area contributed by atoms with Crippen LogP contribution in [0.25, 0.3) is 0 Å². The maximum Gasteiger partial charge on any atom is 0.257 e. The van der Waals surface area contributed by atoms with E-state index < -0.39 is 0 Å². The van der Waals surface area contributed by atoms with E-state index in [1.54, 1.807) is 23.2 Å². The van der Waals surface area contributed by atoms with Crippen molar-refractivity contribution in [3.8, 4) is 0 Å². The topological polar surface area (TPSA) is 91.5 Å². The molecule has 1 heterocycles. The molecule has 17 heavy (non-hydrogen) atoms. The number of aliphatic hydroxyl groups excluding tert-OH is 1. The highest BCUT2D eigenvalue weighted by molar-refractivity contribution is 5.98. The van der Waals surface area contributed by atoms with Crippen LogP contribution in [0.5, 0.6) is 0 Å². The summed E-state index contributed by atoms with van der Waals surface area (Å²) in [5, 5.41) is 8.96. The van der Waals surface area contributed by atoms with Crippen LogP contribution in [0.3, 0.4) is 0 Å². The lowest BCUT2D eigenvalue weighted by Gasteiger charge is -2.26. The summed E-state index contributed by atoms with van der Waals surface area (Å²) in [6, 6.07) is 3.32. The number of carbonyl (C=O) groups is 1. The maximum atomic E-state index is 12.2. The molecule has 6 nitrogen and oxygen atoms in total. The van der Waals surface area contributed by atoms with E-state index in [0.29, 0.717) is 11.4 Å². The van der Waals surface area contributed by atoms with Crippen LogP contribution in [0, 0.1) is 0 Å². The summed E-state index contributed by atoms with van der Waals surface area (Å²) in [4.78, 5) is 17.8. The summed E-state index contributed by atoms with van der Waals surface area (Å²) in [6.45, 7) is 3.99. The average Bonchev–Trinajstić information content (AvgIpc) is 2.34. The minimum Gasteiger partial charge on any atom is -0.395 e. The molecule has 0 unspecified atom stereocenters. The molecular formula is C11H18N4O2. The molecule has 0 saturated carbocycles. The number of hydrazine groups is 1. The Bertz CT molecular complexity index is 381. The molecule has 94 valence electrons. The molecule has 1 rings (SSSR count). The van der Waals surface area contributed by atoms with E-state index in [0.717, 1.165) is 0 Å². The highest BCUT2D eigenvalue weighted by Gasteiger charge is 2.20. The van der Waals surface area contributed by atoms with Crippen LogP contribution < -0.4 is 11.3 Å². The number of rotatable bonds is 5. The van der Waals surface area contributed by atoms with Crippen molar-refractivity contribution in [2.24, 2.45) is 5.84 Å². The summed E-state index contributed by atoms with van der Waals surface area (Å²) >= 11 is 0. The third-order valence-electron chi connectivity index (χ3n) is 2.40. The normalized spacial score (nSPS) is 10.4. The van der Waals surface area contributed by atoms with Gasteiger partial charge in [-0.25, -0.2) is 10.8 Å². The molecule has 0 aromatic carbocycles. The SMILES string of the molecule is CC(C)N(CCO)C(=O)c1cccnc1NN. The molecule has 0 saturated heterocycles. The second-order valence-electron chi connectivity index (χ2n) is 3.86. The van der Waals surface area contributed by atoms with Crippen molar-refractivity contribution in [3.63, 3.8) is 0 Å². The number of nitrogens with two attached hydrogens (primary N) is 1. The van der Waals surface area contributed by atoms with Crippen LogP contribution >= 0.6 is 0 Å². The predicted molar refractivity (Wildman–Crippen MR) is 65.3 cm³/mol. The molecular weight excluding hydrogens is 220 g/mol. The third kappa shape index (κ3) is 3.15. The molecule has 0 atom stereocenters. The molecule has 6 heteroatoms. The van der Waals surface area contributed by atoms with Gasteiger partial charge in [0.2, 0.25) is 0 Å². The predicted octanol–water partition coefficient (Wildman–Crippen LogP) is 0.210. The van der Waals surface area contributed by atoms with E-state index in [1.807, 2.05) is 13.8 Å². The first kappa shape index (κ1) is 13.4. The summed E-state index contributed by atoms with van der Waals surface area (Å²) in [5.74, 6) is 5.44. The zero-order valence-corrected chi connectivity index (χ0v) is 10.1. The van der Waals surface area contributed by atoms with E-state index in [9.17, 15) is 4.79 Å². The van der Waals surface area contributed by atoms with Gasteiger partial charge in [-0.3, -0.25) is 4.79 Å². The number of hydrogen-bond donors (Lipinski definition) is 3. The van der Waals surface area contributed by atoms with Gasteiger partial charge >= 0.3 is 0 Å². The zero-order valence-electron chi connectivity index (χ0n) is 10.1. The number of amides is 1. The van der Waals surface area contributed by atoms with Crippen LogP contribution in [0.1, 0.15) is 24.2 Å². The number of carbonyl (C=O) groups excluding carboxylic acids is 1. The van der Waals surface area contributed by atoms with Crippen molar-refractivity contribution in [1.29, 1.82) is 0 Å². The molecule has 0 bridgehead atoms. The highest BCUT2D eigenvalue weighted by Crippen LogP contribution is 2.14. The van der Waals surface area contributed by atoms with Crippen LogP contribution in [-0.4, -0.2) is 40.1 Å². The van der Waals surface area contributed by atoms with Gasteiger partial charge in [0, 0.05) is 18.8 Å². The Morgan fingerprint density at radius 2 is 2.35 bits per heavy atom. The molecule has 0 spiro atoms. The minimum absolute atomic E-state index is 0.000445. The van der Waals surface area contributed by atoms with Crippen molar-refractivity contribution >= 4 is 11.7 Å². The van der Waals surface area contributed by atoms with Gasteiger partial charge in [-0.15, -0.1) is 0 Å². The Morgan fingerprint density at radius 3 is 2.88 bits per heavy atom. The number of anilines is 1. The summed E-state index contributed by atoms with van der Waals surface area (Å²) in [7, 11) is 0. The first-order valence-corrected chi connectivity index (χ1v) is 5.45. The Labute approximate surface area is 100 Å². The summed E-state index contributed by atoms with van der Waals surface area (Å²) < 4.78 is 0. The quantitative estimate of drug-likeness (QED) is 0.504. The number of nitrogens with one attached hydrogen (secondary N) is 1. The van der Waals surface area contributed by atoms with Crippen molar-refractivity contribution in [2.45, 2.75) is 19.9 Å². The monoisotopic (exact) mass is 238 g/mol. The second kappa shape index (κ2) is 6.17. The van der Waals surface area contributed by atoms with E-state index in [-0.39, 0.29) is 25.1 Å². The number of aromatic nitrogens is 1. The zero-order chi connectivity index (χ0) is 12.8. The Kier molecular flexibility index (Phi) is 4.86. The molecule has 0 radical (unpaired) electrons. The number of aliphatic hydroxyl groups is 1. The van der Waals surface area contributed by atoms with Crippen LogP contribution in [0.15, 0.2) is 18.3 Å². The number of pyridine rings is 1. The number of nitrogen functional groups attached to an aromatic ring is 1. The van der Waals surface area contributed by atoms with E-state index in [2.05, 4.69) is 10.4 Å². The Hall–Kier alpha value is -1.66. The van der Waals surface area contributed by atoms with Crippen LogP contribution in [0.4, 0.5) is 5.82 Å². The smallest absolute Gasteiger partial charge is 0.257 e. The van der Waals surface area contributed by atoms with Crippen molar-refractivity contribution in [1.82, 2.24) is 9.88 Å². The molecule has 1 amide bonds. The van der Waals surface area contributed by atoms with Gasteiger partial charge in [0.05, 0.1) is 12.2 Å². The average molecular weight is 238 g/mol. The molecule has 0 fully saturated rings. The maximum absolute atomic E-state index is 12.2. The van der Waals surface area contributed by atoms with Gasteiger partial charge in [-0.2, -0.15) is 0 Å². The standard InChI is InChI=1S/C11H18N4O2/c1-8(2)15(6-7-16)11(17)9-4-3-5-13-10(9)14-12/h3-5,8,16H,6-7,12H2,1-2H3,(H,13,14). The molecule has 1 aromatic rings. The van der Waals surface area contributed by atoms with Crippen LogP contribution in [-0.2, 0) is 0 Å². The largest absolute Gasteiger partial charge is 0.395 e. The number of hydrogen-bond acceptors (Lipinski definition) is 5. The van der Waals surface area contributed by atoms with Gasteiger partial charge in [0.15, 0.2) is 5.82 Å². The minimum atomic E-state index is -0.199. The van der Waals surface area contributed by atoms with E-state index in [1.165, 1.54) is 0 Å². The highest BCUT2D eigenvalue weighted by atomic mass is 16.3. The molecule has 4 N–H and O–H groups in total. The van der Waals surface area contributed by atoms with Gasteiger partial charge in [-0.05, 0) is 26.0 Å². The van der Waals surface area contributed by atoms with Gasteiger partial charge < -0.3 is 15.4 Å². The number of nitrogens with zero attached hydrogens (tertiary/aromatic N) is 2. The van der Waals surface area contributed by atoms with Crippen molar-refractivity contribution in [2.75, 3.05) is 18.6 Å². The summed E-state index contributed by atoms with van der Waals surface area (Å²) in [5.41, 5.74) is 2.79. The molecule has 1 aromatic heterocycles. The molecule has 0 aliphatic carbocycles. The first-order valence-electron chi connectivity index (χ1n) is 5.45. The Morgan fingerprint density at radius 1 is 1.65 bits per heavy atom. The van der Waals surface area contributed by atoms with Crippen molar-refractivity contribution in [3.05, 3.63) is 23.9 Å². The first-order chi connectivity index (χ1) is 8.11. The van der Waals surface area contributed by atoms with Crippen LogP contribution in [0.2, 0.25) is 0 Å². The van der Waals surface area contributed by atoms with E-state index >= 15 is 0 Å². The lowest BCUT2D eigenvalue weighted by molar-refractivity contribution is 0.0666. The lowest BCUT2D eigenvalue weighted by Crippen LogP contribution is -2.39. The fourth-order valence-electron chi connectivity index (χ4n) is 1.55. The lowest BCUT2D eigenvalue weighted by atomic mass is 10.2. The van der Waals surface area contributed by atoms with E-state index in [4.69, 9.17) is 10.9 Å².